The third-order valence-corrected chi connectivity index (χ3v) is 4.85. The zero-order chi connectivity index (χ0) is 15.5. The normalized spacial score (nSPS) is 11.8. The van der Waals surface area contributed by atoms with Gasteiger partial charge in [0.15, 0.2) is 5.82 Å². The Labute approximate surface area is 123 Å². The second-order valence-electron chi connectivity index (χ2n) is 4.52. The van der Waals surface area contributed by atoms with E-state index in [4.69, 9.17) is 5.73 Å². The third kappa shape index (κ3) is 3.26. The summed E-state index contributed by atoms with van der Waals surface area (Å²) in [6.45, 7) is 0.410. The smallest absolute Gasteiger partial charge is 0.263 e. The summed E-state index contributed by atoms with van der Waals surface area (Å²) >= 11 is 0. The van der Waals surface area contributed by atoms with Crippen LogP contribution in [0.2, 0.25) is 0 Å². The largest absolute Gasteiger partial charge is 0.326 e. The molecule has 0 amide bonds. The van der Waals surface area contributed by atoms with E-state index in [0.29, 0.717) is 6.54 Å². The van der Waals surface area contributed by atoms with Crippen molar-refractivity contribution in [1.29, 1.82) is 0 Å². The third-order valence-electron chi connectivity index (χ3n) is 3.11. The van der Waals surface area contributed by atoms with Crippen LogP contribution >= 0.6 is 0 Å². The molecule has 2 N–H and O–H groups in total. The van der Waals surface area contributed by atoms with Gasteiger partial charge in [0.05, 0.1) is 0 Å². The van der Waals surface area contributed by atoms with Crippen molar-refractivity contribution >= 4 is 10.0 Å². The Hall–Kier alpha value is -1.83. The molecule has 1 aromatic carbocycles. The van der Waals surface area contributed by atoms with Gasteiger partial charge in [-0.2, -0.15) is 4.31 Å². The highest BCUT2D eigenvalue weighted by Gasteiger charge is 2.26. The SMILES string of the molecule is CN(Cc1ccccc1CN)S(=O)(=O)c1ncccc1F. The van der Waals surface area contributed by atoms with Crippen LogP contribution < -0.4 is 5.73 Å². The fourth-order valence-electron chi connectivity index (χ4n) is 1.94. The van der Waals surface area contributed by atoms with Gasteiger partial charge in [0.25, 0.3) is 10.0 Å². The van der Waals surface area contributed by atoms with E-state index in [0.717, 1.165) is 21.5 Å². The molecule has 2 rings (SSSR count). The molecule has 0 saturated heterocycles. The van der Waals surface area contributed by atoms with Crippen molar-refractivity contribution < 1.29 is 12.8 Å². The molecule has 21 heavy (non-hydrogen) atoms. The first-order valence-corrected chi connectivity index (χ1v) is 7.74. The maximum atomic E-state index is 13.6. The lowest BCUT2D eigenvalue weighted by atomic mass is 10.1. The van der Waals surface area contributed by atoms with Gasteiger partial charge >= 0.3 is 0 Å². The van der Waals surface area contributed by atoms with Gasteiger partial charge in [0, 0.05) is 26.3 Å². The van der Waals surface area contributed by atoms with Crippen LogP contribution in [-0.2, 0) is 23.1 Å². The van der Waals surface area contributed by atoms with Crippen molar-refractivity contribution in [2.24, 2.45) is 5.73 Å². The number of sulfonamides is 1. The number of nitrogens with zero attached hydrogens (tertiary/aromatic N) is 2. The second kappa shape index (κ2) is 6.30. The molecule has 0 unspecified atom stereocenters. The summed E-state index contributed by atoms with van der Waals surface area (Å²) in [6, 6.07) is 9.68. The van der Waals surface area contributed by atoms with E-state index >= 15 is 0 Å². The first-order chi connectivity index (χ1) is 9.96. The molecule has 1 aromatic heterocycles. The Morgan fingerprint density at radius 1 is 1.19 bits per heavy atom. The first-order valence-electron chi connectivity index (χ1n) is 6.30. The second-order valence-corrected chi connectivity index (χ2v) is 6.48. The lowest BCUT2D eigenvalue weighted by Crippen LogP contribution is -2.28. The van der Waals surface area contributed by atoms with E-state index in [1.165, 1.54) is 19.3 Å². The van der Waals surface area contributed by atoms with E-state index in [-0.39, 0.29) is 6.54 Å². The number of hydrogen-bond donors (Lipinski definition) is 1. The van der Waals surface area contributed by atoms with Crippen molar-refractivity contribution in [3.8, 4) is 0 Å². The van der Waals surface area contributed by atoms with Gasteiger partial charge in [0.1, 0.15) is 0 Å². The summed E-state index contributed by atoms with van der Waals surface area (Å²) in [5.41, 5.74) is 7.26. The molecule has 1 heterocycles. The minimum Gasteiger partial charge on any atom is -0.326 e. The number of benzene rings is 1. The molecule has 0 aliphatic rings. The number of aromatic nitrogens is 1. The highest BCUT2D eigenvalue weighted by Crippen LogP contribution is 2.18. The van der Waals surface area contributed by atoms with Crippen LogP contribution in [-0.4, -0.2) is 24.8 Å². The van der Waals surface area contributed by atoms with Crippen molar-refractivity contribution in [2.75, 3.05) is 7.05 Å². The fraction of sp³-hybridized carbons (Fsp3) is 0.214. The van der Waals surface area contributed by atoms with Crippen LogP contribution in [0, 0.1) is 5.82 Å². The van der Waals surface area contributed by atoms with Crippen molar-refractivity contribution in [1.82, 2.24) is 9.29 Å². The number of rotatable bonds is 5. The van der Waals surface area contributed by atoms with Crippen molar-refractivity contribution in [2.45, 2.75) is 18.1 Å². The van der Waals surface area contributed by atoms with E-state index in [2.05, 4.69) is 4.98 Å². The topological polar surface area (TPSA) is 76.3 Å². The molecule has 112 valence electrons. The molecule has 0 saturated carbocycles. The number of pyridine rings is 1. The number of hydrogen-bond acceptors (Lipinski definition) is 4. The Balaban J connectivity index is 2.32. The van der Waals surface area contributed by atoms with Crippen LogP contribution in [0.1, 0.15) is 11.1 Å². The molecule has 5 nitrogen and oxygen atoms in total. The minimum atomic E-state index is -3.99. The molecule has 0 atom stereocenters. The summed E-state index contributed by atoms with van der Waals surface area (Å²) in [7, 11) is -2.60. The van der Waals surface area contributed by atoms with Crippen LogP contribution in [0.15, 0.2) is 47.6 Å². The van der Waals surface area contributed by atoms with Crippen molar-refractivity contribution in [3.63, 3.8) is 0 Å². The highest BCUT2D eigenvalue weighted by atomic mass is 32.2. The van der Waals surface area contributed by atoms with Gasteiger partial charge < -0.3 is 5.73 Å². The van der Waals surface area contributed by atoms with Gasteiger partial charge in [-0.15, -0.1) is 0 Å². The Morgan fingerprint density at radius 2 is 1.86 bits per heavy atom. The zero-order valence-electron chi connectivity index (χ0n) is 11.5. The lowest BCUT2D eigenvalue weighted by molar-refractivity contribution is 0.453. The summed E-state index contributed by atoms with van der Waals surface area (Å²) in [6.07, 6.45) is 1.25. The van der Waals surface area contributed by atoms with Gasteiger partial charge in [-0.25, -0.2) is 17.8 Å². The predicted molar refractivity (Wildman–Crippen MR) is 77.2 cm³/mol. The van der Waals surface area contributed by atoms with Gasteiger partial charge in [0.2, 0.25) is 5.03 Å². The standard InChI is InChI=1S/C14H16FN3O2S/c1-18(10-12-6-3-2-5-11(12)9-16)21(19,20)14-13(15)7-4-8-17-14/h2-8H,9-10,16H2,1H3. The van der Waals surface area contributed by atoms with E-state index < -0.39 is 20.9 Å². The summed E-state index contributed by atoms with van der Waals surface area (Å²) < 4.78 is 39.4. The molecule has 0 radical (unpaired) electrons. The molecular formula is C14H16FN3O2S. The zero-order valence-corrected chi connectivity index (χ0v) is 12.3. The monoisotopic (exact) mass is 309 g/mol. The summed E-state index contributed by atoms with van der Waals surface area (Å²) in [5.74, 6) is -0.864. The Morgan fingerprint density at radius 3 is 2.48 bits per heavy atom. The number of nitrogens with two attached hydrogens (primary N) is 1. The van der Waals surface area contributed by atoms with Crippen LogP contribution in [0.3, 0.4) is 0 Å². The minimum absolute atomic E-state index is 0.103. The molecule has 7 heteroatoms. The fourth-order valence-corrected chi connectivity index (χ4v) is 3.06. The molecule has 0 aliphatic heterocycles. The predicted octanol–water partition coefficient (Wildman–Crippen LogP) is 1.50. The molecule has 0 aliphatic carbocycles. The van der Waals surface area contributed by atoms with Gasteiger partial charge in [-0.05, 0) is 23.3 Å². The van der Waals surface area contributed by atoms with Gasteiger partial charge in [-0.3, -0.25) is 0 Å². The Bertz CT molecular complexity index is 735. The van der Waals surface area contributed by atoms with Crippen LogP contribution in [0.25, 0.3) is 0 Å². The lowest BCUT2D eigenvalue weighted by Gasteiger charge is -2.18. The molecule has 0 fully saturated rings. The van der Waals surface area contributed by atoms with E-state index in [9.17, 15) is 12.8 Å². The molecule has 0 bridgehead atoms. The molecule has 0 spiro atoms. The molecule has 2 aromatic rings. The van der Waals surface area contributed by atoms with E-state index in [1.807, 2.05) is 12.1 Å². The first kappa shape index (κ1) is 15.6. The highest BCUT2D eigenvalue weighted by molar-refractivity contribution is 7.89. The maximum absolute atomic E-state index is 13.6. The average Bonchev–Trinajstić information content (AvgIpc) is 2.48. The average molecular weight is 309 g/mol. The summed E-state index contributed by atoms with van der Waals surface area (Å²) in [4.78, 5) is 3.63. The quantitative estimate of drug-likeness (QED) is 0.908. The van der Waals surface area contributed by atoms with Crippen molar-refractivity contribution in [3.05, 3.63) is 59.5 Å². The van der Waals surface area contributed by atoms with Crippen LogP contribution in [0.5, 0.6) is 0 Å². The van der Waals surface area contributed by atoms with E-state index in [1.54, 1.807) is 12.1 Å². The number of halogens is 1. The molecular weight excluding hydrogens is 293 g/mol. The Kier molecular flexibility index (Phi) is 4.66. The van der Waals surface area contributed by atoms with Gasteiger partial charge in [-0.1, -0.05) is 24.3 Å². The van der Waals surface area contributed by atoms with Crippen LogP contribution in [0.4, 0.5) is 4.39 Å². The summed E-state index contributed by atoms with van der Waals surface area (Å²) in [5, 5.41) is -0.572. The maximum Gasteiger partial charge on any atom is 0.263 e.